The first-order valence-corrected chi connectivity index (χ1v) is 6.11. The highest BCUT2D eigenvalue weighted by Gasteiger charge is 2.29. The number of nitrogens with zero attached hydrogens (tertiary/aromatic N) is 1. The zero-order valence-electron chi connectivity index (χ0n) is 10.5. The van der Waals surface area contributed by atoms with Crippen molar-refractivity contribution in [2.75, 3.05) is 13.2 Å². The molecule has 4 N–H and O–H groups in total. The van der Waals surface area contributed by atoms with Crippen LogP contribution in [0.1, 0.15) is 34.7 Å². The number of furan rings is 1. The van der Waals surface area contributed by atoms with Gasteiger partial charge in [-0.2, -0.15) is 0 Å². The van der Waals surface area contributed by atoms with Crippen molar-refractivity contribution in [2.24, 2.45) is 5.84 Å². The van der Waals surface area contributed by atoms with E-state index in [2.05, 4.69) is 4.90 Å². The van der Waals surface area contributed by atoms with Crippen LogP contribution >= 0.6 is 0 Å². The molecule has 1 amide bonds. The molecule has 6 heteroatoms. The van der Waals surface area contributed by atoms with Gasteiger partial charge in [-0.3, -0.25) is 15.1 Å². The molecule has 1 aromatic rings. The van der Waals surface area contributed by atoms with E-state index in [0.717, 1.165) is 11.3 Å². The molecule has 0 unspecified atom stereocenters. The van der Waals surface area contributed by atoms with Crippen LogP contribution in [0.25, 0.3) is 0 Å². The van der Waals surface area contributed by atoms with Gasteiger partial charge in [-0.25, -0.2) is 5.84 Å². The average molecular weight is 253 g/mol. The third kappa shape index (κ3) is 2.90. The summed E-state index contributed by atoms with van der Waals surface area (Å²) in [5, 5.41) is 9.05. The number of carbonyl (C=O) groups excluding carboxylic acids is 1. The predicted octanol–water partition coefficient (Wildman–Crippen LogP) is 0.148. The first-order valence-electron chi connectivity index (χ1n) is 6.11. The molecule has 1 aliphatic carbocycles. The lowest BCUT2D eigenvalue weighted by Gasteiger charge is -2.20. The topological polar surface area (TPSA) is 91.7 Å². The van der Waals surface area contributed by atoms with E-state index in [1.807, 2.05) is 12.3 Å². The number of nitrogens with two attached hydrogens (primary N) is 1. The van der Waals surface area contributed by atoms with E-state index in [1.54, 1.807) is 6.07 Å². The van der Waals surface area contributed by atoms with Gasteiger partial charge in [0.2, 0.25) is 0 Å². The Balaban J connectivity index is 2.07. The van der Waals surface area contributed by atoms with Gasteiger partial charge in [0, 0.05) is 24.7 Å². The number of rotatable bonds is 6. The zero-order valence-corrected chi connectivity index (χ0v) is 10.5. The highest BCUT2D eigenvalue weighted by Crippen LogP contribution is 2.29. The van der Waals surface area contributed by atoms with Crippen molar-refractivity contribution in [1.82, 2.24) is 10.3 Å². The second-order valence-electron chi connectivity index (χ2n) is 4.59. The molecule has 2 rings (SSSR count). The standard InChI is InChI=1S/C12H19N3O3/c1-8-9(6-11(18-8)12(17)14-13)7-15(4-5-16)10-2-3-10/h6,10,16H,2-5,7,13H2,1H3,(H,14,17). The van der Waals surface area contributed by atoms with E-state index >= 15 is 0 Å². The number of aliphatic hydroxyl groups is 1. The Bertz CT molecular complexity index is 426. The summed E-state index contributed by atoms with van der Waals surface area (Å²) in [6.07, 6.45) is 2.35. The fourth-order valence-corrected chi connectivity index (χ4v) is 2.04. The minimum absolute atomic E-state index is 0.142. The molecule has 1 heterocycles. The highest BCUT2D eigenvalue weighted by molar-refractivity contribution is 5.91. The molecule has 1 aliphatic rings. The van der Waals surface area contributed by atoms with Gasteiger partial charge < -0.3 is 9.52 Å². The second kappa shape index (κ2) is 5.51. The van der Waals surface area contributed by atoms with Crippen LogP contribution in [0.5, 0.6) is 0 Å². The van der Waals surface area contributed by atoms with E-state index in [9.17, 15) is 4.79 Å². The summed E-state index contributed by atoms with van der Waals surface area (Å²) in [5.74, 6) is 5.59. The van der Waals surface area contributed by atoms with Gasteiger partial charge in [0.05, 0.1) is 6.61 Å². The number of nitrogen functional groups attached to an aromatic ring is 1. The molecule has 0 aromatic carbocycles. The van der Waals surface area contributed by atoms with E-state index in [4.69, 9.17) is 15.4 Å². The van der Waals surface area contributed by atoms with Crippen LogP contribution in [0.15, 0.2) is 10.5 Å². The van der Waals surface area contributed by atoms with Crippen molar-refractivity contribution >= 4 is 5.91 Å². The highest BCUT2D eigenvalue weighted by atomic mass is 16.4. The molecule has 100 valence electrons. The predicted molar refractivity (Wildman–Crippen MR) is 65.6 cm³/mol. The van der Waals surface area contributed by atoms with Crippen molar-refractivity contribution in [3.63, 3.8) is 0 Å². The number of hydrogen-bond donors (Lipinski definition) is 3. The van der Waals surface area contributed by atoms with Crippen LogP contribution in [-0.2, 0) is 6.54 Å². The van der Waals surface area contributed by atoms with Crippen molar-refractivity contribution < 1.29 is 14.3 Å². The van der Waals surface area contributed by atoms with Gasteiger partial charge in [0.25, 0.3) is 0 Å². The fraction of sp³-hybridized carbons (Fsp3) is 0.583. The van der Waals surface area contributed by atoms with Crippen molar-refractivity contribution in [3.8, 4) is 0 Å². The summed E-state index contributed by atoms with van der Waals surface area (Å²) in [6, 6.07) is 2.27. The maximum absolute atomic E-state index is 11.4. The van der Waals surface area contributed by atoms with Gasteiger partial charge >= 0.3 is 5.91 Å². The summed E-state index contributed by atoms with van der Waals surface area (Å²) in [7, 11) is 0. The average Bonchev–Trinajstić information content (AvgIpc) is 3.14. The Labute approximate surface area is 106 Å². The van der Waals surface area contributed by atoms with Gasteiger partial charge in [0.15, 0.2) is 5.76 Å². The van der Waals surface area contributed by atoms with Crippen LogP contribution < -0.4 is 11.3 Å². The number of nitrogens with one attached hydrogen (secondary N) is 1. The number of hydrazine groups is 1. The quantitative estimate of drug-likeness (QED) is 0.381. The molecule has 18 heavy (non-hydrogen) atoms. The molecular weight excluding hydrogens is 234 g/mol. The van der Waals surface area contributed by atoms with Crippen molar-refractivity contribution in [1.29, 1.82) is 0 Å². The number of aryl methyl sites for hydroxylation is 1. The van der Waals surface area contributed by atoms with Gasteiger partial charge in [0.1, 0.15) is 5.76 Å². The fourth-order valence-electron chi connectivity index (χ4n) is 2.04. The summed E-state index contributed by atoms with van der Waals surface area (Å²) in [6.45, 7) is 3.31. The van der Waals surface area contributed by atoms with E-state index in [-0.39, 0.29) is 12.4 Å². The normalized spacial score (nSPS) is 15.1. The number of aliphatic hydroxyl groups excluding tert-OH is 1. The molecule has 0 saturated heterocycles. The third-order valence-corrected chi connectivity index (χ3v) is 3.20. The minimum Gasteiger partial charge on any atom is -0.456 e. The molecule has 0 radical (unpaired) electrons. The second-order valence-corrected chi connectivity index (χ2v) is 4.59. The van der Waals surface area contributed by atoms with E-state index < -0.39 is 5.91 Å². The first kappa shape index (κ1) is 13.1. The Morgan fingerprint density at radius 2 is 2.39 bits per heavy atom. The van der Waals surface area contributed by atoms with Crippen LogP contribution in [0.2, 0.25) is 0 Å². The Morgan fingerprint density at radius 3 is 2.94 bits per heavy atom. The lowest BCUT2D eigenvalue weighted by molar-refractivity contribution is 0.0924. The zero-order chi connectivity index (χ0) is 13.1. The molecule has 0 spiro atoms. The van der Waals surface area contributed by atoms with Crippen molar-refractivity contribution in [3.05, 3.63) is 23.2 Å². The maximum atomic E-state index is 11.4. The maximum Gasteiger partial charge on any atom is 0.300 e. The van der Waals surface area contributed by atoms with Crippen LogP contribution in [0.4, 0.5) is 0 Å². The number of amides is 1. The monoisotopic (exact) mass is 253 g/mol. The summed E-state index contributed by atoms with van der Waals surface area (Å²) >= 11 is 0. The number of hydrogen-bond acceptors (Lipinski definition) is 5. The third-order valence-electron chi connectivity index (χ3n) is 3.20. The summed E-state index contributed by atoms with van der Waals surface area (Å²) in [4.78, 5) is 13.6. The van der Waals surface area contributed by atoms with Gasteiger partial charge in [-0.1, -0.05) is 0 Å². The summed E-state index contributed by atoms with van der Waals surface area (Å²) in [5.41, 5.74) is 3.02. The molecule has 6 nitrogen and oxygen atoms in total. The largest absolute Gasteiger partial charge is 0.456 e. The Morgan fingerprint density at radius 1 is 1.67 bits per heavy atom. The van der Waals surface area contributed by atoms with E-state index in [0.29, 0.717) is 19.1 Å². The molecule has 0 bridgehead atoms. The Hall–Kier alpha value is -1.37. The van der Waals surface area contributed by atoms with Crippen LogP contribution in [0.3, 0.4) is 0 Å². The molecular formula is C12H19N3O3. The SMILES string of the molecule is Cc1oc(C(=O)NN)cc1CN(CCO)C1CC1. The summed E-state index contributed by atoms with van der Waals surface area (Å²) < 4.78 is 5.37. The van der Waals surface area contributed by atoms with E-state index in [1.165, 1.54) is 12.8 Å². The lowest BCUT2D eigenvalue weighted by atomic mass is 10.2. The van der Waals surface area contributed by atoms with Crippen molar-refractivity contribution in [2.45, 2.75) is 32.4 Å². The molecule has 1 fully saturated rings. The lowest BCUT2D eigenvalue weighted by Crippen LogP contribution is -2.30. The molecule has 1 saturated carbocycles. The minimum atomic E-state index is -0.426. The first-order chi connectivity index (χ1) is 8.65. The smallest absolute Gasteiger partial charge is 0.300 e. The van der Waals surface area contributed by atoms with Crippen LogP contribution in [-0.4, -0.2) is 35.1 Å². The van der Waals surface area contributed by atoms with Crippen LogP contribution in [0, 0.1) is 6.92 Å². The molecule has 0 atom stereocenters. The van der Waals surface area contributed by atoms with Gasteiger partial charge in [-0.15, -0.1) is 0 Å². The molecule has 0 aliphatic heterocycles. The Kier molecular flexibility index (Phi) is 4.00. The molecule has 1 aromatic heterocycles. The van der Waals surface area contributed by atoms with Gasteiger partial charge in [-0.05, 0) is 25.8 Å². The number of carbonyl (C=O) groups is 1.